The highest BCUT2D eigenvalue weighted by Crippen LogP contribution is 2.22. The third-order valence-corrected chi connectivity index (χ3v) is 2.93. The van der Waals surface area contributed by atoms with Gasteiger partial charge in [-0.2, -0.15) is 0 Å². The van der Waals surface area contributed by atoms with Gasteiger partial charge in [-0.15, -0.1) is 17.0 Å². The fourth-order valence-corrected chi connectivity index (χ4v) is 2.15. The van der Waals surface area contributed by atoms with Crippen molar-refractivity contribution in [3.63, 3.8) is 0 Å². The van der Waals surface area contributed by atoms with Crippen molar-refractivity contribution in [2.75, 3.05) is 13.1 Å². The molecular formula is C10H14Br2N2. The number of hydrogen-bond acceptors (Lipinski definition) is 2. The summed E-state index contributed by atoms with van der Waals surface area (Å²) in [5, 5.41) is 3.32. The van der Waals surface area contributed by atoms with Gasteiger partial charge < -0.3 is 11.1 Å². The van der Waals surface area contributed by atoms with Crippen LogP contribution in [0.3, 0.4) is 0 Å². The number of rotatable bonds is 0. The number of hydrogen-bond donors (Lipinski definition) is 2. The Hall–Kier alpha value is 0.100. The molecule has 14 heavy (non-hydrogen) atoms. The lowest BCUT2D eigenvalue weighted by Gasteiger charge is -2.11. The zero-order valence-electron chi connectivity index (χ0n) is 7.79. The Bertz CT molecular complexity index is 315. The molecule has 1 aromatic rings. The zero-order chi connectivity index (χ0) is 9.26. The van der Waals surface area contributed by atoms with Gasteiger partial charge in [0.05, 0.1) is 0 Å². The van der Waals surface area contributed by atoms with Crippen molar-refractivity contribution in [1.29, 1.82) is 0 Å². The molecular weight excluding hydrogens is 308 g/mol. The van der Waals surface area contributed by atoms with E-state index >= 15 is 0 Å². The Labute approximate surface area is 103 Å². The van der Waals surface area contributed by atoms with Crippen molar-refractivity contribution in [2.24, 2.45) is 5.73 Å². The third kappa shape index (κ3) is 2.57. The molecule has 0 saturated heterocycles. The highest BCUT2D eigenvalue weighted by atomic mass is 79.9. The predicted octanol–water partition coefficient (Wildman–Crippen LogP) is 2.17. The molecule has 0 bridgehead atoms. The second-order valence-corrected chi connectivity index (χ2v) is 4.32. The lowest BCUT2D eigenvalue weighted by Crippen LogP contribution is -2.25. The van der Waals surface area contributed by atoms with Crippen LogP contribution in [0.2, 0.25) is 0 Å². The van der Waals surface area contributed by atoms with Crippen molar-refractivity contribution >= 4 is 32.9 Å². The third-order valence-electron chi connectivity index (χ3n) is 2.44. The Morgan fingerprint density at radius 1 is 1.43 bits per heavy atom. The van der Waals surface area contributed by atoms with Gasteiger partial charge in [-0.05, 0) is 36.2 Å². The van der Waals surface area contributed by atoms with Gasteiger partial charge in [-0.1, -0.05) is 22.0 Å². The van der Waals surface area contributed by atoms with E-state index in [0.29, 0.717) is 0 Å². The van der Waals surface area contributed by atoms with Crippen LogP contribution in [0.4, 0.5) is 0 Å². The van der Waals surface area contributed by atoms with Gasteiger partial charge in [-0.3, -0.25) is 0 Å². The molecule has 1 atom stereocenters. The summed E-state index contributed by atoms with van der Waals surface area (Å²) in [6.07, 6.45) is 1.07. The summed E-state index contributed by atoms with van der Waals surface area (Å²) >= 11 is 3.47. The average Bonchev–Trinajstić information content (AvgIpc) is 2.28. The number of halogens is 2. The number of fused-ring (bicyclic) bond motifs is 1. The van der Waals surface area contributed by atoms with Gasteiger partial charge in [-0.25, -0.2) is 0 Å². The van der Waals surface area contributed by atoms with Crippen molar-refractivity contribution in [1.82, 2.24) is 5.32 Å². The van der Waals surface area contributed by atoms with E-state index in [-0.39, 0.29) is 23.0 Å². The van der Waals surface area contributed by atoms with Gasteiger partial charge in [0.15, 0.2) is 0 Å². The molecule has 3 N–H and O–H groups in total. The summed E-state index contributed by atoms with van der Waals surface area (Å²) in [5.74, 6) is 0. The van der Waals surface area contributed by atoms with Gasteiger partial charge in [0.1, 0.15) is 0 Å². The maximum Gasteiger partial charge on any atom is 0.0424 e. The first kappa shape index (κ1) is 12.2. The topological polar surface area (TPSA) is 38.0 Å². The second-order valence-electron chi connectivity index (χ2n) is 3.40. The Morgan fingerprint density at radius 3 is 3.00 bits per heavy atom. The molecule has 2 nitrogen and oxygen atoms in total. The summed E-state index contributed by atoms with van der Waals surface area (Å²) in [6, 6.07) is 6.49. The van der Waals surface area contributed by atoms with Crippen LogP contribution in [0.15, 0.2) is 22.7 Å². The first-order valence-electron chi connectivity index (χ1n) is 4.52. The van der Waals surface area contributed by atoms with Crippen molar-refractivity contribution < 1.29 is 0 Å². The fourth-order valence-electron chi connectivity index (χ4n) is 1.74. The van der Waals surface area contributed by atoms with Crippen LogP contribution in [0.1, 0.15) is 17.2 Å². The number of nitrogens with one attached hydrogen (secondary N) is 1. The molecule has 0 amide bonds. The van der Waals surface area contributed by atoms with E-state index in [4.69, 9.17) is 5.73 Å². The number of benzene rings is 1. The number of nitrogens with two attached hydrogens (primary N) is 1. The van der Waals surface area contributed by atoms with Crippen LogP contribution in [0, 0.1) is 0 Å². The quantitative estimate of drug-likeness (QED) is 0.768. The van der Waals surface area contributed by atoms with Crippen LogP contribution >= 0.6 is 32.9 Å². The van der Waals surface area contributed by atoms with Crippen LogP contribution in [-0.2, 0) is 6.42 Å². The van der Waals surface area contributed by atoms with Gasteiger partial charge >= 0.3 is 0 Å². The second kappa shape index (κ2) is 5.26. The SMILES string of the molecule is Br.NC1CNCCc2cc(Br)ccc21. The molecule has 78 valence electrons. The van der Waals surface area contributed by atoms with E-state index in [1.807, 2.05) is 0 Å². The Balaban J connectivity index is 0.000000980. The molecule has 1 aromatic carbocycles. The van der Waals surface area contributed by atoms with Crippen molar-refractivity contribution in [3.8, 4) is 0 Å². The first-order valence-corrected chi connectivity index (χ1v) is 5.31. The first-order chi connectivity index (χ1) is 6.27. The standard InChI is InChI=1S/C10H13BrN2.BrH/c11-8-1-2-9-7(5-8)3-4-13-6-10(9)12;/h1-2,5,10,13H,3-4,6,12H2;1H. The minimum absolute atomic E-state index is 0. The maximum absolute atomic E-state index is 6.02. The Kier molecular flexibility index (Phi) is 4.57. The summed E-state index contributed by atoms with van der Waals surface area (Å²) in [4.78, 5) is 0. The molecule has 2 rings (SSSR count). The lowest BCUT2D eigenvalue weighted by atomic mass is 10.0. The van der Waals surface area contributed by atoms with E-state index < -0.39 is 0 Å². The largest absolute Gasteiger partial charge is 0.323 e. The highest BCUT2D eigenvalue weighted by molar-refractivity contribution is 9.10. The average molecular weight is 322 g/mol. The minimum atomic E-state index is 0. The summed E-state index contributed by atoms with van der Waals surface area (Å²) in [6.45, 7) is 1.91. The molecule has 1 heterocycles. The molecule has 4 heteroatoms. The molecule has 0 radical (unpaired) electrons. The maximum atomic E-state index is 6.02. The minimum Gasteiger partial charge on any atom is -0.323 e. The zero-order valence-corrected chi connectivity index (χ0v) is 11.1. The monoisotopic (exact) mass is 320 g/mol. The summed E-state index contributed by atoms with van der Waals surface area (Å²) in [5.41, 5.74) is 8.67. The van der Waals surface area contributed by atoms with Crippen LogP contribution in [-0.4, -0.2) is 13.1 Å². The predicted molar refractivity (Wildman–Crippen MR) is 68.0 cm³/mol. The fraction of sp³-hybridized carbons (Fsp3) is 0.400. The molecule has 0 fully saturated rings. The molecule has 0 aliphatic carbocycles. The van der Waals surface area contributed by atoms with E-state index in [2.05, 4.69) is 39.4 Å². The van der Waals surface area contributed by atoms with Crippen LogP contribution < -0.4 is 11.1 Å². The molecule has 0 aromatic heterocycles. The van der Waals surface area contributed by atoms with E-state index in [1.54, 1.807) is 0 Å². The van der Waals surface area contributed by atoms with Gasteiger partial charge in [0.2, 0.25) is 0 Å². The van der Waals surface area contributed by atoms with E-state index in [1.165, 1.54) is 11.1 Å². The summed E-state index contributed by atoms with van der Waals surface area (Å²) < 4.78 is 1.14. The normalized spacial score (nSPS) is 20.6. The van der Waals surface area contributed by atoms with E-state index in [0.717, 1.165) is 24.0 Å². The van der Waals surface area contributed by atoms with Crippen LogP contribution in [0.5, 0.6) is 0 Å². The molecule has 0 saturated carbocycles. The van der Waals surface area contributed by atoms with Crippen molar-refractivity contribution in [2.45, 2.75) is 12.5 Å². The van der Waals surface area contributed by atoms with Crippen LogP contribution in [0.25, 0.3) is 0 Å². The Morgan fingerprint density at radius 2 is 2.21 bits per heavy atom. The van der Waals surface area contributed by atoms with Gasteiger partial charge in [0, 0.05) is 17.1 Å². The van der Waals surface area contributed by atoms with E-state index in [9.17, 15) is 0 Å². The molecule has 1 aliphatic heterocycles. The van der Waals surface area contributed by atoms with Gasteiger partial charge in [0.25, 0.3) is 0 Å². The molecule has 1 aliphatic rings. The lowest BCUT2D eigenvalue weighted by molar-refractivity contribution is 0.626. The van der Waals surface area contributed by atoms with Crippen molar-refractivity contribution in [3.05, 3.63) is 33.8 Å². The smallest absolute Gasteiger partial charge is 0.0424 e. The highest BCUT2D eigenvalue weighted by Gasteiger charge is 2.14. The summed E-state index contributed by atoms with van der Waals surface area (Å²) in [7, 11) is 0. The molecule has 1 unspecified atom stereocenters. The molecule has 0 spiro atoms.